The van der Waals surface area contributed by atoms with Gasteiger partial charge >= 0.3 is 0 Å². The van der Waals surface area contributed by atoms with Gasteiger partial charge in [-0.3, -0.25) is 4.90 Å². The minimum absolute atomic E-state index is 0.327. The number of nitrogens with zero attached hydrogens (tertiary/aromatic N) is 4. The van der Waals surface area contributed by atoms with Crippen LogP contribution in [0, 0.1) is 11.7 Å². The Labute approximate surface area is 196 Å². The normalized spacial score (nSPS) is 19.4. The molecule has 33 heavy (non-hydrogen) atoms. The van der Waals surface area contributed by atoms with E-state index < -0.39 is 0 Å². The van der Waals surface area contributed by atoms with Crippen molar-refractivity contribution in [2.45, 2.75) is 57.9 Å². The predicted octanol–water partition coefficient (Wildman–Crippen LogP) is 4.68. The zero-order valence-electron chi connectivity index (χ0n) is 19.8. The highest BCUT2D eigenvalue weighted by Gasteiger charge is 2.23. The molecule has 1 aliphatic heterocycles. The number of aromatic nitrogens is 3. The van der Waals surface area contributed by atoms with E-state index in [-0.39, 0.29) is 5.82 Å². The molecule has 8 nitrogen and oxygen atoms in total. The summed E-state index contributed by atoms with van der Waals surface area (Å²) in [5.74, 6) is 1.81. The second-order valence-corrected chi connectivity index (χ2v) is 9.07. The van der Waals surface area contributed by atoms with Crippen molar-refractivity contribution in [3.8, 4) is 0 Å². The van der Waals surface area contributed by atoms with Crippen LogP contribution in [0.1, 0.15) is 51.9 Å². The Kier molecular flexibility index (Phi) is 8.15. The zero-order valence-corrected chi connectivity index (χ0v) is 19.8. The summed E-state index contributed by atoms with van der Waals surface area (Å²) in [6.45, 7) is 6.06. The van der Waals surface area contributed by atoms with Gasteiger partial charge in [0.25, 0.3) is 0 Å². The molecule has 1 aliphatic carbocycles. The number of likely N-dealkylation sites (N-methyl/N-ethyl adjacent to an activating group) is 1. The van der Waals surface area contributed by atoms with Crippen molar-refractivity contribution >= 4 is 29.2 Å². The van der Waals surface area contributed by atoms with E-state index >= 15 is 0 Å². The Hall–Kier alpha value is -2.68. The minimum Gasteiger partial charge on any atom is -0.386 e. The fourth-order valence-corrected chi connectivity index (χ4v) is 4.89. The number of likely N-dealkylation sites (tertiary alicyclic amines) is 1. The van der Waals surface area contributed by atoms with Crippen molar-refractivity contribution in [2.75, 3.05) is 54.5 Å². The van der Waals surface area contributed by atoms with Gasteiger partial charge in [0.1, 0.15) is 5.82 Å². The van der Waals surface area contributed by atoms with Crippen LogP contribution in [0.15, 0.2) is 18.2 Å². The molecule has 2 aromatic rings. The highest BCUT2D eigenvalue weighted by molar-refractivity contribution is 5.60. The van der Waals surface area contributed by atoms with E-state index in [1.165, 1.54) is 51.0 Å². The van der Waals surface area contributed by atoms with Gasteiger partial charge in [0.15, 0.2) is 0 Å². The number of rotatable bonds is 10. The standard InChI is InChI=1S/C24H37FN8/c1-3-33-13-7-10-19(33)16-28-23-30-22(27-15-17-8-5-4-6-9-17)31-24(32-23)29-18-11-12-21(26-2)20(25)14-18/h11-12,14,17,19,26H,3-10,13,15-16H2,1-2H3,(H3,27,28,29,30,31,32). The summed E-state index contributed by atoms with van der Waals surface area (Å²) in [4.78, 5) is 16.2. The maximum Gasteiger partial charge on any atom is 0.233 e. The van der Waals surface area contributed by atoms with Crippen LogP contribution in [0.4, 0.5) is 33.6 Å². The van der Waals surface area contributed by atoms with Gasteiger partial charge < -0.3 is 21.3 Å². The van der Waals surface area contributed by atoms with Gasteiger partial charge in [-0.25, -0.2) is 4.39 Å². The Balaban J connectivity index is 1.48. The van der Waals surface area contributed by atoms with E-state index in [0.717, 1.165) is 26.2 Å². The number of hydrogen-bond donors (Lipinski definition) is 4. The van der Waals surface area contributed by atoms with Crippen LogP contribution in [0.5, 0.6) is 0 Å². The number of anilines is 5. The number of benzene rings is 1. The number of halogens is 1. The average molecular weight is 457 g/mol. The third kappa shape index (κ3) is 6.43. The van der Waals surface area contributed by atoms with Crippen molar-refractivity contribution in [2.24, 2.45) is 5.92 Å². The lowest BCUT2D eigenvalue weighted by Crippen LogP contribution is -2.35. The molecule has 1 atom stereocenters. The van der Waals surface area contributed by atoms with E-state index in [1.807, 2.05) is 0 Å². The van der Waals surface area contributed by atoms with Crippen LogP contribution in [0.2, 0.25) is 0 Å². The zero-order chi connectivity index (χ0) is 23.0. The van der Waals surface area contributed by atoms with E-state index in [9.17, 15) is 4.39 Å². The Bertz CT molecular complexity index is 902. The first-order valence-electron chi connectivity index (χ1n) is 12.4. The third-order valence-electron chi connectivity index (χ3n) is 6.80. The van der Waals surface area contributed by atoms with Crippen LogP contribution in [-0.4, -0.2) is 59.1 Å². The summed E-state index contributed by atoms with van der Waals surface area (Å²) in [5, 5.41) is 12.8. The Morgan fingerprint density at radius 2 is 1.67 bits per heavy atom. The second kappa shape index (κ2) is 11.4. The number of hydrogen-bond acceptors (Lipinski definition) is 8. The van der Waals surface area contributed by atoms with Crippen LogP contribution in [0.3, 0.4) is 0 Å². The minimum atomic E-state index is -0.327. The summed E-state index contributed by atoms with van der Waals surface area (Å²) >= 11 is 0. The van der Waals surface area contributed by atoms with Crippen molar-refractivity contribution in [1.29, 1.82) is 0 Å². The Morgan fingerprint density at radius 3 is 2.36 bits per heavy atom. The molecule has 0 spiro atoms. The molecule has 1 aromatic heterocycles. The van der Waals surface area contributed by atoms with Gasteiger partial charge in [-0.05, 0) is 62.9 Å². The van der Waals surface area contributed by atoms with Crippen LogP contribution >= 0.6 is 0 Å². The molecule has 0 bridgehead atoms. The van der Waals surface area contributed by atoms with Crippen molar-refractivity contribution in [1.82, 2.24) is 19.9 Å². The van der Waals surface area contributed by atoms with E-state index in [1.54, 1.807) is 19.2 Å². The molecule has 180 valence electrons. The fourth-order valence-electron chi connectivity index (χ4n) is 4.89. The van der Waals surface area contributed by atoms with Gasteiger partial charge in [0.2, 0.25) is 17.8 Å². The molecule has 1 aromatic carbocycles. The van der Waals surface area contributed by atoms with Gasteiger partial charge in [-0.15, -0.1) is 0 Å². The highest BCUT2D eigenvalue weighted by Crippen LogP contribution is 2.25. The van der Waals surface area contributed by atoms with Crippen LogP contribution < -0.4 is 21.3 Å². The molecule has 1 saturated heterocycles. The lowest BCUT2D eigenvalue weighted by atomic mass is 9.89. The van der Waals surface area contributed by atoms with Crippen LogP contribution in [0.25, 0.3) is 0 Å². The largest absolute Gasteiger partial charge is 0.386 e. The predicted molar refractivity (Wildman–Crippen MR) is 133 cm³/mol. The fraction of sp³-hybridized carbons (Fsp3) is 0.625. The molecule has 4 rings (SSSR count). The quantitative estimate of drug-likeness (QED) is 0.410. The average Bonchev–Trinajstić information content (AvgIpc) is 3.30. The second-order valence-electron chi connectivity index (χ2n) is 9.07. The summed E-state index contributed by atoms with van der Waals surface area (Å²) < 4.78 is 14.2. The highest BCUT2D eigenvalue weighted by atomic mass is 19.1. The van der Waals surface area contributed by atoms with Gasteiger partial charge in [-0.1, -0.05) is 26.2 Å². The summed E-state index contributed by atoms with van der Waals surface area (Å²) in [6, 6.07) is 5.43. The molecule has 2 aliphatic rings. The molecule has 1 unspecified atom stereocenters. The Morgan fingerprint density at radius 1 is 0.939 bits per heavy atom. The first kappa shape index (κ1) is 23.5. The van der Waals surface area contributed by atoms with Gasteiger partial charge in [-0.2, -0.15) is 15.0 Å². The maximum atomic E-state index is 14.2. The molecule has 0 radical (unpaired) electrons. The van der Waals surface area contributed by atoms with Crippen LogP contribution in [-0.2, 0) is 0 Å². The topological polar surface area (TPSA) is 90.0 Å². The van der Waals surface area contributed by atoms with Gasteiger partial charge in [0, 0.05) is 31.9 Å². The van der Waals surface area contributed by atoms with Crippen molar-refractivity contribution < 1.29 is 4.39 Å². The van der Waals surface area contributed by atoms with E-state index in [4.69, 9.17) is 0 Å². The third-order valence-corrected chi connectivity index (χ3v) is 6.80. The first-order valence-corrected chi connectivity index (χ1v) is 12.4. The summed E-state index contributed by atoms with van der Waals surface area (Å²) in [5.41, 5.74) is 1.04. The van der Waals surface area contributed by atoms with E-state index in [2.05, 4.69) is 48.0 Å². The molecule has 9 heteroatoms. The lowest BCUT2D eigenvalue weighted by molar-refractivity contribution is 0.277. The molecule has 2 heterocycles. The molecular formula is C24H37FN8. The van der Waals surface area contributed by atoms with Crippen molar-refractivity contribution in [3.63, 3.8) is 0 Å². The summed E-state index contributed by atoms with van der Waals surface area (Å²) in [6.07, 6.45) is 8.84. The van der Waals surface area contributed by atoms with Gasteiger partial charge in [0.05, 0.1) is 5.69 Å². The maximum absolute atomic E-state index is 14.2. The lowest BCUT2D eigenvalue weighted by Gasteiger charge is -2.23. The molecule has 4 N–H and O–H groups in total. The smallest absolute Gasteiger partial charge is 0.233 e. The monoisotopic (exact) mass is 456 g/mol. The molecular weight excluding hydrogens is 419 g/mol. The molecule has 2 fully saturated rings. The van der Waals surface area contributed by atoms with E-state index in [0.29, 0.717) is 41.2 Å². The number of nitrogens with one attached hydrogen (secondary N) is 4. The van der Waals surface area contributed by atoms with Crippen molar-refractivity contribution in [3.05, 3.63) is 24.0 Å². The first-order chi connectivity index (χ1) is 16.1. The molecule has 0 amide bonds. The summed E-state index contributed by atoms with van der Waals surface area (Å²) in [7, 11) is 1.70. The SMILES string of the molecule is CCN1CCCC1CNc1nc(NCC2CCCCC2)nc(Nc2ccc(NC)c(F)c2)n1. The molecule has 1 saturated carbocycles.